The fourth-order valence-corrected chi connectivity index (χ4v) is 7.95. The van der Waals surface area contributed by atoms with Crippen LogP contribution in [0.3, 0.4) is 0 Å². The van der Waals surface area contributed by atoms with Crippen molar-refractivity contribution in [2.75, 3.05) is 24.6 Å². The van der Waals surface area contributed by atoms with E-state index in [1.807, 2.05) is 56.9 Å². The second-order valence-electron chi connectivity index (χ2n) is 15.2. The van der Waals surface area contributed by atoms with Gasteiger partial charge in [0.25, 0.3) is 5.56 Å². The van der Waals surface area contributed by atoms with E-state index in [2.05, 4.69) is 35.0 Å². The molecule has 4 heterocycles. The lowest BCUT2D eigenvalue weighted by Gasteiger charge is -2.39. The summed E-state index contributed by atoms with van der Waals surface area (Å²) in [5.74, 6) is 1.08. The Morgan fingerprint density at radius 2 is 1.78 bits per heavy atom. The van der Waals surface area contributed by atoms with E-state index in [1.165, 1.54) is 0 Å². The molecule has 4 aromatic rings. The van der Waals surface area contributed by atoms with Gasteiger partial charge in [0.15, 0.2) is 5.65 Å². The van der Waals surface area contributed by atoms with E-state index in [9.17, 15) is 9.59 Å². The number of aromatic nitrogens is 5. The standard InChI is InChI=1S/C33H46ClN7O4Si/c1-33(2,3)45-32(43)35-28-20-9-10-21(28)16-40(15-20)31-36-29-26(30(42)39(31)5)23(18-41(29)19-44-13-14-46(6,7)8)22-11-12-25-24(27(22)34)17-38(4)37-25/h11-12,17-18,20-21,28H,9-10,13-16,19H2,1-8H3,(H,35,43)/t20-,21+,28?. The van der Waals surface area contributed by atoms with Crippen molar-refractivity contribution in [1.29, 1.82) is 0 Å². The Morgan fingerprint density at radius 3 is 2.43 bits per heavy atom. The van der Waals surface area contributed by atoms with Crippen molar-refractivity contribution < 1.29 is 14.3 Å². The molecule has 1 aromatic carbocycles. The minimum atomic E-state index is -1.28. The lowest BCUT2D eigenvalue weighted by atomic mass is 9.92. The first-order chi connectivity index (χ1) is 21.6. The molecule has 3 atom stereocenters. The van der Waals surface area contributed by atoms with Crippen LogP contribution in [0.25, 0.3) is 33.1 Å². The van der Waals surface area contributed by atoms with Crippen molar-refractivity contribution in [2.45, 2.75) is 77.7 Å². The maximum Gasteiger partial charge on any atom is 0.407 e. The molecule has 3 aromatic heterocycles. The summed E-state index contributed by atoms with van der Waals surface area (Å²) in [6.07, 6.45) is 5.46. The van der Waals surface area contributed by atoms with E-state index in [4.69, 9.17) is 26.1 Å². The number of anilines is 1. The molecule has 6 rings (SSSR count). The third kappa shape index (κ3) is 6.43. The van der Waals surface area contributed by atoms with Gasteiger partial charge in [-0.25, -0.2) is 4.79 Å². The van der Waals surface area contributed by atoms with Gasteiger partial charge in [0.05, 0.1) is 15.9 Å². The zero-order valence-electron chi connectivity index (χ0n) is 28.2. The Bertz CT molecular complexity index is 1840. The van der Waals surface area contributed by atoms with Crippen molar-refractivity contribution in [1.82, 2.24) is 29.2 Å². The minimum absolute atomic E-state index is 0.0339. The number of carbonyl (C=O) groups excluding carboxylic acids is 1. The summed E-state index contributed by atoms with van der Waals surface area (Å²) >= 11 is 6.98. The first kappa shape index (κ1) is 32.6. The zero-order chi connectivity index (χ0) is 33.1. The van der Waals surface area contributed by atoms with Gasteiger partial charge in [0.2, 0.25) is 5.95 Å². The van der Waals surface area contributed by atoms with Gasteiger partial charge >= 0.3 is 6.09 Å². The number of ether oxygens (including phenoxy) is 2. The number of aryl methyl sites for hydroxylation is 1. The summed E-state index contributed by atoms with van der Waals surface area (Å²) in [5.41, 5.74) is 2.15. The smallest absolute Gasteiger partial charge is 0.407 e. The summed E-state index contributed by atoms with van der Waals surface area (Å²) in [4.78, 5) is 34.3. The van der Waals surface area contributed by atoms with E-state index >= 15 is 0 Å². The van der Waals surface area contributed by atoms with Gasteiger partial charge in [-0.3, -0.25) is 14.0 Å². The molecule has 1 aliphatic carbocycles. The average molecular weight is 668 g/mol. The SMILES string of the molecule is Cn1cc2c(Cl)c(-c3cn(COCC[Si](C)(C)C)c4nc(N5C[C@H]6CC[C@@H](C5)C6NC(=O)OC(C)(C)C)n(C)c(=O)c34)ccc2n1. The number of fused-ring (bicyclic) bond motifs is 4. The van der Waals surface area contributed by atoms with Crippen molar-refractivity contribution in [3.63, 3.8) is 0 Å². The molecule has 1 unspecified atom stereocenters. The highest BCUT2D eigenvalue weighted by molar-refractivity contribution is 6.76. The molecule has 1 amide bonds. The predicted octanol–water partition coefficient (Wildman–Crippen LogP) is 5.99. The molecule has 2 fully saturated rings. The topological polar surface area (TPSA) is 108 Å². The summed E-state index contributed by atoms with van der Waals surface area (Å²) in [6, 6.07) is 4.93. The van der Waals surface area contributed by atoms with Crippen molar-refractivity contribution in [3.05, 3.63) is 39.9 Å². The van der Waals surface area contributed by atoms with E-state index < -0.39 is 13.7 Å². The molecule has 248 valence electrons. The van der Waals surface area contributed by atoms with Crippen molar-refractivity contribution in [3.8, 4) is 11.1 Å². The fourth-order valence-electron chi connectivity index (χ4n) is 6.88. The predicted molar refractivity (Wildman–Crippen MR) is 185 cm³/mol. The highest BCUT2D eigenvalue weighted by Gasteiger charge is 2.44. The van der Waals surface area contributed by atoms with Gasteiger partial charge in [-0.1, -0.05) is 37.3 Å². The highest BCUT2D eigenvalue weighted by atomic mass is 35.5. The Morgan fingerprint density at radius 1 is 1.09 bits per heavy atom. The van der Waals surface area contributed by atoms with Gasteiger partial charge in [0, 0.05) is 76.8 Å². The van der Waals surface area contributed by atoms with E-state index in [0.717, 1.165) is 40.9 Å². The van der Waals surface area contributed by atoms with Crippen LogP contribution in [0.1, 0.15) is 33.6 Å². The Labute approximate surface area is 275 Å². The third-order valence-electron chi connectivity index (χ3n) is 9.13. The summed E-state index contributed by atoms with van der Waals surface area (Å²) < 4.78 is 17.1. The van der Waals surface area contributed by atoms with Crippen LogP contribution in [0.4, 0.5) is 10.7 Å². The van der Waals surface area contributed by atoms with Gasteiger partial charge in [-0.2, -0.15) is 10.1 Å². The quantitative estimate of drug-likeness (QED) is 0.182. The number of piperidine rings is 1. The van der Waals surface area contributed by atoms with Crippen LogP contribution in [0, 0.1) is 11.8 Å². The number of benzene rings is 1. The largest absolute Gasteiger partial charge is 0.444 e. The summed E-state index contributed by atoms with van der Waals surface area (Å²) in [6.45, 7) is 14.9. The van der Waals surface area contributed by atoms with E-state index in [-0.39, 0.29) is 36.3 Å². The van der Waals surface area contributed by atoms with Crippen LogP contribution in [0.15, 0.2) is 29.3 Å². The molecule has 46 heavy (non-hydrogen) atoms. The van der Waals surface area contributed by atoms with E-state index in [1.54, 1.807) is 16.3 Å². The number of hydrogen-bond donors (Lipinski definition) is 1. The van der Waals surface area contributed by atoms with Gasteiger partial charge in [0.1, 0.15) is 12.3 Å². The van der Waals surface area contributed by atoms with Gasteiger partial charge in [-0.05, 0) is 57.6 Å². The summed E-state index contributed by atoms with van der Waals surface area (Å²) in [5, 5.41) is 9.52. The maximum atomic E-state index is 14.3. The molecule has 0 radical (unpaired) electrons. The van der Waals surface area contributed by atoms with Crippen LogP contribution in [0.2, 0.25) is 30.7 Å². The normalized spacial score (nSPS) is 20.2. The monoisotopic (exact) mass is 667 g/mol. The Hall–Kier alpha value is -3.35. The van der Waals surface area contributed by atoms with Gasteiger partial charge in [-0.15, -0.1) is 0 Å². The number of hydrogen-bond acceptors (Lipinski definition) is 7. The maximum absolute atomic E-state index is 14.3. The lowest BCUT2D eigenvalue weighted by molar-refractivity contribution is 0.0472. The fraction of sp³-hybridized carbons (Fsp3) is 0.576. The number of alkyl carbamates (subject to hydrolysis) is 1. The molecule has 13 heteroatoms. The number of nitrogens with one attached hydrogen (secondary N) is 1. The number of nitrogens with zero attached hydrogens (tertiary/aromatic N) is 6. The molecule has 1 aliphatic heterocycles. The van der Waals surface area contributed by atoms with Crippen LogP contribution in [-0.4, -0.2) is 69.4 Å². The third-order valence-corrected chi connectivity index (χ3v) is 11.2. The number of halogens is 1. The van der Waals surface area contributed by atoms with Crippen LogP contribution in [0.5, 0.6) is 0 Å². The van der Waals surface area contributed by atoms with Gasteiger partial charge < -0.3 is 24.3 Å². The number of amides is 1. The number of rotatable bonds is 8. The molecule has 2 bridgehead atoms. The number of carbonyl (C=O) groups is 1. The van der Waals surface area contributed by atoms with Crippen molar-refractivity contribution in [2.24, 2.45) is 25.9 Å². The Kier molecular flexibility index (Phi) is 8.52. The van der Waals surface area contributed by atoms with E-state index in [0.29, 0.717) is 41.7 Å². The minimum Gasteiger partial charge on any atom is -0.444 e. The molecule has 1 N–H and O–H groups in total. The Balaban J connectivity index is 1.37. The molecular weight excluding hydrogens is 622 g/mol. The summed E-state index contributed by atoms with van der Waals surface area (Å²) in [7, 11) is 2.37. The van der Waals surface area contributed by atoms with Crippen LogP contribution < -0.4 is 15.8 Å². The molecule has 11 nitrogen and oxygen atoms in total. The zero-order valence-corrected chi connectivity index (χ0v) is 29.9. The highest BCUT2D eigenvalue weighted by Crippen LogP contribution is 2.40. The molecule has 0 spiro atoms. The van der Waals surface area contributed by atoms with Crippen LogP contribution >= 0.6 is 11.6 Å². The molecule has 2 aliphatic rings. The molecule has 1 saturated heterocycles. The first-order valence-electron chi connectivity index (χ1n) is 16.1. The first-order valence-corrected chi connectivity index (χ1v) is 20.2. The molecule has 1 saturated carbocycles. The van der Waals surface area contributed by atoms with Crippen molar-refractivity contribution >= 4 is 53.7 Å². The molecular formula is C33H46ClN7O4Si. The lowest BCUT2D eigenvalue weighted by Crippen LogP contribution is -2.54. The van der Waals surface area contributed by atoms with Crippen LogP contribution in [-0.2, 0) is 30.3 Å². The average Bonchev–Trinajstić information content (AvgIpc) is 3.57. The second-order valence-corrected chi connectivity index (χ2v) is 21.2. The second kappa shape index (κ2) is 12.0.